The molecule has 0 spiro atoms. The van der Waals surface area contributed by atoms with E-state index in [-0.39, 0.29) is 11.5 Å². The lowest BCUT2D eigenvalue weighted by molar-refractivity contribution is -0.00812. The number of guanidine groups is 1. The van der Waals surface area contributed by atoms with Gasteiger partial charge in [0.15, 0.2) is 5.96 Å². The molecule has 1 fully saturated rings. The van der Waals surface area contributed by atoms with Crippen LogP contribution in [0.1, 0.15) is 43.9 Å². The number of benzene rings is 1. The summed E-state index contributed by atoms with van der Waals surface area (Å²) < 4.78 is 7.80. The van der Waals surface area contributed by atoms with Gasteiger partial charge in [-0.25, -0.2) is 0 Å². The van der Waals surface area contributed by atoms with Gasteiger partial charge < -0.3 is 15.0 Å². The van der Waals surface area contributed by atoms with Crippen molar-refractivity contribution in [3.05, 3.63) is 53.9 Å². The van der Waals surface area contributed by atoms with Crippen LogP contribution in [-0.2, 0) is 17.2 Å². The van der Waals surface area contributed by atoms with Gasteiger partial charge in [0.2, 0.25) is 0 Å². The Hall–Kier alpha value is -2.34. The van der Waals surface area contributed by atoms with E-state index in [0.29, 0.717) is 6.61 Å². The first kappa shape index (κ1) is 20.4. The topological polar surface area (TPSA) is 54.7 Å². The van der Waals surface area contributed by atoms with Gasteiger partial charge in [-0.2, -0.15) is 5.10 Å². The molecule has 1 unspecified atom stereocenters. The van der Waals surface area contributed by atoms with E-state index in [0.717, 1.165) is 44.0 Å². The van der Waals surface area contributed by atoms with E-state index in [1.165, 1.54) is 5.56 Å². The molecule has 152 valence electrons. The van der Waals surface area contributed by atoms with E-state index < -0.39 is 0 Å². The first-order chi connectivity index (χ1) is 13.6. The molecule has 1 atom stereocenters. The van der Waals surface area contributed by atoms with E-state index in [9.17, 15) is 0 Å². The van der Waals surface area contributed by atoms with Crippen LogP contribution < -0.4 is 5.32 Å². The van der Waals surface area contributed by atoms with Crippen LogP contribution in [-0.4, -0.2) is 53.9 Å². The highest BCUT2D eigenvalue weighted by molar-refractivity contribution is 5.80. The number of morpholine rings is 1. The fraction of sp³-hybridized carbons (Fsp3) is 0.545. The number of rotatable bonds is 6. The van der Waals surface area contributed by atoms with Gasteiger partial charge in [-0.1, -0.05) is 44.2 Å². The lowest BCUT2D eigenvalue weighted by Crippen LogP contribution is -2.51. The minimum atomic E-state index is 0.0252. The highest BCUT2D eigenvalue weighted by Gasteiger charge is 2.30. The quantitative estimate of drug-likeness (QED) is 0.615. The summed E-state index contributed by atoms with van der Waals surface area (Å²) in [6.07, 6.45) is 6.10. The SMILES string of the molecule is CCC(CC)(CNC(=NC)N1CCOC(c2cnn(C)c2)C1)c1ccccc1. The first-order valence-corrected chi connectivity index (χ1v) is 10.2. The number of nitrogens with zero attached hydrogens (tertiary/aromatic N) is 4. The average molecular weight is 384 g/mol. The summed E-state index contributed by atoms with van der Waals surface area (Å²) in [6.45, 7) is 7.72. The van der Waals surface area contributed by atoms with Crippen LogP contribution in [0.5, 0.6) is 0 Å². The van der Waals surface area contributed by atoms with Crippen molar-refractivity contribution in [3.63, 3.8) is 0 Å². The van der Waals surface area contributed by atoms with E-state index in [4.69, 9.17) is 4.74 Å². The Labute approximate surface area is 168 Å². The molecule has 1 aromatic heterocycles. The van der Waals surface area contributed by atoms with Crippen molar-refractivity contribution in [2.75, 3.05) is 33.3 Å². The maximum Gasteiger partial charge on any atom is 0.193 e. The van der Waals surface area contributed by atoms with Gasteiger partial charge in [0.05, 0.1) is 19.3 Å². The summed E-state index contributed by atoms with van der Waals surface area (Å²) in [5, 5.41) is 7.94. The Kier molecular flexibility index (Phi) is 6.73. The predicted octanol–water partition coefficient (Wildman–Crippen LogP) is 3.13. The number of aliphatic imine (C=N–C) groups is 1. The molecule has 1 N–H and O–H groups in total. The molecule has 6 heteroatoms. The van der Waals surface area contributed by atoms with Crippen molar-refractivity contribution in [3.8, 4) is 0 Å². The van der Waals surface area contributed by atoms with Gasteiger partial charge in [0, 0.05) is 44.4 Å². The Balaban J connectivity index is 1.69. The van der Waals surface area contributed by atoms with Crippen molar-refractivity contribution < 1.29 is 4.74 Å². The fourth-order valence-electron chi connectivity index (χ4n) is 4.03. The van der Waals surface area contributed by atoms with Gasteiger partial charge in [0.1, 0.15) is 6.10 Å². The van der Waals surface area contributed by atoms with Crippen LogP contribution in [0.3, 0.4) is 0 Å². The van der Waals surface area contributed by atoms with E-state index in [1.54, 1.807) is 0 Å². The monoisotopic (exact) mass is 383 g/mol. The summed E-state index contributed by atoms with van der Waals surface area (Å²) in [5.74, 6) is 0.944. The first-order valence-electron chi connectivity index (χ1n) is 10.2. The normalized spacial score (nSPS) is 18.4. The summed E-state index contributed by atoms with van der Waals surface area (Å²) >= 11 is 0. The third kappa shape index (κ3) is 4.38. The van der Waals surface area contributed by atoms with Gasteiger partial charge >= 0.3 is 0 Å². The Morgan fingerprint density at radius 1 is 1.29 bits per heavy atom. The van der Waals surface area contributed by atoms with Crippen LogP contribution in [0.4, 0.5) is 0 Å². The standard InChI is InChI=1S/C22H33N5O/c1-5-22(6-2,19-10-8-7-9-11-19)17-24-21(23-3)27-12-13-28-20(16-27)18-14-25-26(4)15-18/h7-11,14-15,20H,5-6,12-13,16-17H2,1-4H3,(H,23,24). The van der Waals surface area contributed by atoms with Crippen molar-refractivity contribution in [1.82, 2.24) is 20.0 Å². The maximum atomic E-state index is 5.98. The number of aromatic nitrogens is 2. The zero-order chi connectivity index (χ0) is 20.0. The van der Waals surface area contributed by atoms with Gasteiger partial charge in [-0.05, 0) is 18.4 Å². The van der Waals surface area contributed by atoms with Gasteiger partial charge in [0.25, 0.3) is 0 Å². The van der Waals surface area contributed by atoms with Crippen molar-refractivity contribution >= 4 is 5.96 Å². The number of nitrogens with one attached hydrogen (secondary N) is 1. The molecule has 2 aromatic rings. The molecule has 1 aliphatic rings. The fourth-order valence-corrected chi connectivity index (χ4v) is 4.03. The summed E-state index contributed by atoms with van der Waals surface area (Å²) in [7, 11) is 3.79. The number of hydrogen-bond acceptors (Lipinski definition) is 3. The van der Waals surface area contributed by atoms with Crippen molar-refractivity contribution in [1.29, 1.82) is 0 Å². The molecule has 0 aliphatic carbocycles. The molecule has 0 saturated carbocycles. The Bertz CT molecular complexity index is 766. The minimum Gasteiger partial charge on any atom is -0.370 e. The molecule has 1 aromatic carbocycles. The Morgan fingerprint density at radius 2 is 2.04 bits per heavy atom. The van der Waals surface area contributed by atoms with E-state index >= 15 is 0 Å². The summed E-state index contributed by atoms with van der Waals surface area (Å²) in [4.78, 5) is 6.86. The third-order valence-corrected chi connectivity index (χ3v) is 6.00. The van der Waals surface area contributed by atoms with Crippen LogP contribution in [0.15, 0.2) is 47.7 Å². The lowest BCUT2D eigenvalue weighted by Gasteiger charge is -2.38. The van der Waals surface area contributed by atoms with Gasteiger partial charge in [-0.3, -0.25) is 9.67 Å². The van der Waals surface area contributed by atoms with Crippen LogP contribution >= 0.6 is 0 Å². The number of hydrogen-bond donors (Lipinski definition) is 1. The predicted molar refractivity (Wildman–Crippen MR) is 114 cm³/mol. The van der Waals surface area contributed by atoms with Crippen LogP contribution in [0, 0.1) is 0 Å². The second-order valence-electron chi connectivity index (χ2n) is 7.51. The highest BCUT2D eigenvalue weighted by Crippen LogP contribution is 2.31. The van der Waals surface area contributed by atoms with Crippen LogP contribution in [0.2, 0.25) is 0 Å². The lowest BCUT2D eigenvalue weighted by atomic mass is 9.76. The average Bonchev–Trinajstić information content (AvgIpc) is 3.19. The summed E-state index contributed by atoms with van der Waals surface area (Å²) in [6, 6.07) is 10.8. The van der Waals surface area contributed by atoms with Crippen LogP contribution in [0.25, 0.3) is 0 Å². The van der Waals surface area contributed by atoms with E-state index in [2.05, 4.69) is 64.5 Å². The second-order valence-corrected chi connectivity index (χ2v) is 7.51. The molecule has 0 radical (unpaired) electrons. The van der Waals surface area contributed by atoms with Crippen molar-refractivity contribution in [2.45, 2.75) is 38.2 Å². The minimum absolute atomic E-state index is 0.0252. The number of ether oxygens (including phenoxy) is 1. The molecule has 6 nitrogen and oxygen atoms in total. The third-order valence-electron chi connectivity index (χ3n) is 6.00. The molecule has 1 saturated heterocycles. The smallest absolute Gasteiger partial charge is 0.193 e. The molecule has 3 rings (SSSR count). The highest BCUT2D eigenvalue weighted by atomic mass is 16.5. The Morgan fingerprint density at radius 3 is 2.64 bits per heavy atom. The van der Waals surface area contributed by atoms with Gasteiger partial charge in [-0.15, -0.1) is 0 Å². The largest absolute Gasteiger partial charge is 0.370 e. The molecule has 28 heavy (non-hydrogen) atoms. The maximum absolute atomic E-state index is 5.98. The molecule has 0 amide bonds. The molecular formula is C22H33N5O. The summed E-state index contributed by atoms with van der Waals surface area (Å²) in [5.41, 5.74) is 2.60. The van der Waals surface area contributed by atoms with Crippen molar-refractivity contribution in [2.24, 2.45) is 12.0 Å². The molecule has 2 heterocycles. The molecular weight excluding hydrogens is 350 g/mol. The van der Waals surface area contributed by atoms with E-state index in [1.807, 2.05) is 31.2 Å². The molecule has 0 bridgehead atoms. The molecule has 1 aliphatic heterocycles. The zero-order valence-electron chi connectivity index (χ0n) is 17.6. The zero-order valence-corrected chi connectivity index (χ0v) is 17.6. The second kappa shape index (κ2) is 9.24. The number of aryl methyl sites for hydroxylation is 1.